The van der Waals surface area contributed by atoms with Gasteiger partial charge in [0, 0.05) is 24.0 Å². The molecule has 0 bridgehead atoms. The van der Waals surface area contributed by atoms with Gasteiger partial charge in [0.05, 0.1) is 6.54 Å². The van der Waals surface area contributed by atoms with E-state index in [9.17, 15) is 14.4 Å². The molecule has 0 saturated carbocycles. The van der Waals surface area contributed by atoms with Crippen molar-refractivity contribution in [2.24, 2.45) is 0 Å². The largest absolute Gasteiger partial charge is 0.457 e. The summed E-state index contributed by atoms with van der Waals surface area (Å²) in [5.41, 5.74) is 0.338. The Morgan fingerprint density at radius 1 is 0.812 bits per heavy atom. The Morgan fingerprint density at radius 3 is 2.25 bits per heavy atom. The van der Waals surface area contributed by atoms with Crippen LogP contribution in [-0.4, -0.2) is 15.0 Å². The average molecular weight is 427 g/mol. The van der Waals surface area contributed by atoms with E-state index >= 15 is 0 Å². The fourth-order valence-electron chi connectivity index (χ4n) is 3.21. The highest BCUT2D eigenvalue weighted by Gasteiger charge is 2.11. The number of nitrogens with zero attached hydrogens (tertiary/aromatic N) is 2. The van der Waals surface area contributed by atoms with Crippen molar-refractivity contribution in [1.29, 1.82) is 0 Å². The molecule has 0 aliphatic rings. The lowest BCUT2D eigenvalue weighted by molar-refractivity contribution is -0.116. The summed E-state index contributed by atoms with van der Waals surface area (Å²) in [6.07, 6.45) is 1.44. The molecule has 7 heteroatoms. The number of benzene rings is 3. The number of rotatable bonds is 7. The predicted molar refractivity (Wildman–Crippen MR) is 122 cm³/mol. The standard InChI is InChI=1S/C25H21N3O4/c29-23(26-20-10-7-13-22(16-20)32-21-11-5-2-6-12-21)18-28-24(30)14-15-27(25(28)31)17-19-8-3-1-4-9-19/h1-16H,17-18H2,(H,26,29). The number of hydrogen-bond donors (Lipinski definition) is 1. The SMILES string of the molecule is O=C(Cn1c(=O)ccn(Cc2ccccc2)c1=O)Nc1cccc(Oc2ccccc2)c1. The highest BCUT2D eigenvalue weighted by molar-refractivity contribution is 5.90. The number of aromatic nitrogens is 2. The lowest BCUT2D eigenvalue weighted by Crippen LogP contribution is -2.41. The Balaban J connectivity index is 1.47. The minimum Gasteiger partial charge on any atom is -0.457 e. The van der Waals surface area contributed by atoms with Gasteiger partial charge >= 0.3 is 5.69 Å². The van der Waals surface area contributed by atoms with E-state index in [4.69, 9.17) is 4.74 Å². The van der Waals surface area contributed by atoms with Gasteiger partial charge in [-0.3, -0.25) is 18.7 Å². The Bertz CT molecular complexity index is 1330. The molecule has 0 atom stereocenters. The monoisotopic (exact) mass is 427 g/mol. The number of hydrogen-bond acceptors (Lipinski definition) is 4. The molecule has 0 aliphatic carbocycles. The molecule has 0 radical (unpaired) electrons. The van der Waals surface area contributed by atoms with Crippen molar-refractivity contribution in [1.82, 2.24) is 9.13 Å². The van der Waals surface area contributed by atoms with Crippen LogP contribution in [0.4, 0.5) is 5.69 Å². The Hall–Kier alpha value is -4.39. The van der Waals surface area contributed by atoms with Crippen LogP contribution in [0.2, 0.25) is 0 Å². The molecule has 0 saturated heterocycles. The van der Waals surface area contributed by atoms with Gasteiger partial charge in [0.15, 0.2) is 0 Å². The third-order valence-corrected chi connectivity index (χ3v) is 4.73. The number of nitrogens with one attached hydrogen (secondary N) is 1. The van der Waals surface area contributed by atoms with Gasteiger partial charge < -0.3 is 10.1 Å². The number of carbonyl (C=O) groups excluding carboxylic acids is 1. The molecule has 1 heterocycles. The molecule has 4 rings (SSSR count). The molecule has 3 aromatic carbocycles. The topological polar surface area (TPSA) is 82.3 Å². The molecule has 0 unspecified atom stereocenters. The van der Waals surface area contributed by atoms with Crippen molar-refractivity contribution < 1.29 is 9.53 Å². The first-order valence-corrected chi connectivity index (χ1v) is 10.1. The smallest absolute Gasteiger partial charge is 0.331 e. The molecule has 0 spiro atoms. The van der Waals surface area contributed by atoms with Crippen LogP contribution in [0.5, 0.6) is 11.5 Å². The number of anilines is 1. The van der Waals surface area contributed by atoms with Crippen molar-refractivity contribution in [3.8, 4) is 11.5 Å². The molecule has 0 fully saturated rings. The molecular weight excluding hydrogens is 406 g/mol. The van der Waals surface area contributed by atoms with Gasteiger partial charge in [-0.05, 0) is 29.8 Å². The van der Waals surface area contributed by atoms with Crippen LogP contribution in [0.1, 0.15) is 5.56 Å². The van der Waals surface area contributed by atoms with Gasteiger partial charge in [-0.15, -0.1) is 0 Å². The van der Waals surface area contributed by atoms with Crippen LogP contribution in [0.3, 0.4) is 0 Å². The molecule has 1 N–H and O–H groups in total. The summed E-state index contributed by atoms with van der Waals surface area (Å²) in [7, 11) is 0. The first-order chi connectivity index (χ1) is 15.6. The van der Waals surface area contributed by atoms with E-state index in [0.717, 1.165) is 10.1 Å². The molecule has 32 heavy (non-hydrogen) atoms. The first kappa shape index (κ1) is 20.9. The zero-order valence-electron chi connectivity index (χ0n) is 17.2. The maximum Gasteiger partial charge on any atom is 0.331 e. The van der Waals surface area contributed by atoms with Crippen molar-refractivity contribution in [2.75, 3.05) is 5.32 Å². The van der Waals surface area contributed by atoms with E-state index in [1.807, 2.05) is 60.7 Å². The third kappa shape index (κ3) is 5.20. The van der Waals surface area contributed by atoms with Crippen LogP contribution in [0.25, 0.3) is 0 Å². The van der Waals surface area contributed by atoms with E-state index < -0.39 is 23.7 Å². The summed E-state index contributed by atoms with van der Waals surface area (Å²) in [4.78, 5) is 37.6. The summed E-state index contributed by atoms with van der Waals surface area (Å²) >= 11 is 0. The maximum atomic E-state index is 12.8. The van der Waals surface area contributed by atoms with Crippen molar-refractivity contribution in [3.05, 3.63) is 124 Å². The van der Waals surface area contributed by atoms with E-state index in [2.05, 4.69) is 5.32 Å². The van der Waals surface area contributed by atoms with E-state index in [1.165, 1.54) is 16.8 Å². The van der Waals surface area contributed by atoms with Crippen LogP contribution < -0.4 is 21.3 Å². The number of para-hydroxylation sites is 1. The second-order valence-corrected chi connectivity index (χ2v) is 7.13. The van der Waals surface area contributed by atoms with Gasteiger partial charge in [-0.25, -0.2) is 4.79 Å². The molecule has 4 aromatic rings. The van der Waals surface area contributed by atoms with Crippen molar-refractivity contribution in [3.63, 3.8) is 0 Å². The second-order valence-electron chi connectivity index (χ2n) is 7.13. The van der Waals surface area contributed by atoms with E-state index in [1.54, 1.807) is 24.3 Å². The number of carbonyl (C=O) groups is 1. The third-order valence-electron chi connectivity index (χ3n) is 4.73. The first-order valence-electron chi connectivity index (χ1n) is 10.1. The minimum absolute atomic E-state index is 0.306. The fraction of sp³-hybridized carbons (Fsp3) is 0.0800. The van der Waals surface area contributed by atoms with Gasteiger partial charge in [0.1, 0.15) is 18.0 Å². The zero-order chi connectivity index (χ0) is 22.3. The summed E-state index contributed by atoms with van der Waals surface area (Å²) in [6.45, 7) is -0.0858. The van der Waals surface area contributed by atoms with Crippen LogP contribution in [0.15, 0.2) is 107 Å². The Kier molecular flexibility index (Phi) is 6.27. The normalized spacial score (nSPS) is 10.5. The summed E-state index contributed by atoms with van der Waals surface area (Å²) in [5, 5.41) is 2.71. The highest BCUT2D eigenvalue weighted by Crippen LogP contribution is 2.23. The van der Waals surface area contributed by atoms with Gasteiger partial charge in [0.25, 0.3) is 5.56 Å². The Labute approximate surface area is 184 Å². The maximum absolute atomic E-state index is 12.8. The fourth-order valence-corrected chi connectivity index (χ4v) is 3.21. The van der Waals surface area contributed by atoms with Gasteiger partial charge in [-0.2, -0.15) is 0 Å². The van der Waals surface area contributed by atoms with Gasteiger partial charge in [-0.1, -0.05) is 54.6 Å². The quantitative estimate of drug-likeness (QED) is 0.490. The summed E-state index contributed by atoms with van der Waals surface area (Å²) < 4.78 is 8.09. The highest BCUT2D eigenvalue weighted by atomic mass is 16.5. The van der Waals surface area contributed by atoms with Crippen LogP contribution >= 0.6 is 0 Å². The lowest BCUT2D eigenvalue weighted by atomic mass is 10.2. The van der Waals surface area contributed by atoms with Crippen LogP contribution in [-0.2, 0) is 17.9 Å². The van der Waals surface area contributed by atoms with E-state index in [0.29, 0.717) is 23.7 Å². The summed E-state index contributed by atoms with van der Waals surface area (Å²) in [6, 6.07) is 26.9. The molecule has 160 valence electrons. The minimum atomic E-state index is -0.544. The molecule has 0 aliphatic heterocycles. The average Bonchev–Trinajstić information content (AvgIpc) is 2.80. The second kappa shape index (κ2) is 9.61. The molecular formula is C25H21N3O4. The predicted octanol–water partition coefficient (Wildman–Crippen LogP) is 3.49. The van der Waals surface area contributed by atoms with Crippen molar-refractivity contribution in [2.45, 2.75) is 13.1 Å². The summed E-state index contributed by atoms with van der Waals surface area (Å²) in [5.74, 6) is 0.736. The lowest BCUT2D eigenvalue weighted by Gasteiger charge is -2.11. The van der Waals surface area contributed by atoms with Crippen molar-refractivity contribution >= 4 is 11.6 Å². The zero-order valence-corrected chi connectivity index (χ0v) is 17.2. The molecule has 1 amide bonds. The van der Waals surface area contributed by atoms with E-state index in [-0.39, 0.29) is 0 Å². The van der Waals surface area contributed by atoms with Crippen LogP contribution in [0, 0.1) is 0 Å². The number of amides is 1. The number of ether oxygens (including phenoxy) is 1. The molecule has 1 aromatic heterocycles. The molecule has 7 nitrogen and oxygen atoms in total. The Morgan fingerprint density at radius 2 is 1.50 bits per heavy atom. The van der Waals surface area contributed by atoms with Gasteiger partial charge in [0.2, 0.25) is 5.91 Å².